The van der Waals surface area contributed by atoms with Crippen LogP contribution in [0.5, 0.6) is 5.75 Å². The molecule has 0 aromatic heterocycles. The lowest BCUT2D eigenvalue weighted by Gasteiger charge is -2.44. The van der Waals surface area contributed by atoms with Crippen LogP contribution in [0.2, 0.25) is 10.0 Å². The van der Waals surface area contributed by atoms with E-state index in [1.54, 1.807) is 24.3 Å². The van der Waals surface area contributed by atoms with E-state index in [0.29, 0.717) is 27.0 Å². The minimum absolute atomic E-state index is 0.0600. The summed E-state index contributed by atoms with van der Waals surface area (Å²) in [6.45, 7) is 1.94. The van der Waals surface area contributed by atoms with Crippen LogP contribution in [0.15, 0.2) is 133 Å². The van der Waals surface area contributed by atoms with E-state index in [0.717, 1.165) is 58.3 Å². The van der Waals surface area contributed by atoms with Crippen molar-refractivity contribution in [1.82, 2.24) is 5.32 Å². The maximum Gasteiger partial charge on any atom is 0.335 e. The van der Waals surface area contributed by atoms with Gasteiger partial charge >= 0.3 is 6.03 Å². The van der Waals surface area contributed by atoms with Gasteiger partial charge in [0.1, 0.15) is 17.9 Å². The van der Waals surface area contributed by atoms with Crippen molar-refractivity contribution in [1.29, 1.82) is 0 Å². The number of nitrogens with zero attached hydrogens (tertiary/aromatic N) is 2. The number of nitrogens with one attached hydrogen (secondary N) is 1. The van der Waals surface area contributed by atoms with Crippen molar-refractivity contribution in [2.45, 2.75) is 31.3 Å². The van der Waals surface area contributed by atoms with Crippen molar-refractivity contribution in [2.75, 3.05) is 22.9 Å². The fourth-order valence-corrected chi connectivity index (χ4v) is 8.81. The first-order chi connectivity index (χ1) is 26.8. The molecule has 0 unspecified atom stereocenters. The highest BCUT2D eigenvalue weighted by Gasteiger charge is 2.41. The van der Waals surface area contributed by atoms with Gasteiger partial charge in [-0.1, -0.05) is 120 Å². The summed E-state index contributed by atoms with van der Waals surface area (Å²) in [6.07, 6.45) is 3.32. The first-order valence-electron chi connectivity index (χ1n) is 18.4. The summed E-state index contributed by atoms with van der Waals surface area (Å²) in [5, 5.41) is 5.10. The first-order valence-corrected chi connectivity index (χ1v) is 19.1. The van der Waals surface area contributed by atoms with E-state index < -0.39 is 17.8 Å². The largest absolute Gasteiger partial charge is 0.488 e. The molecule has 3 heterocycles. The van der Waals surface area contributed by atoms with Gasteiger partial charge in [0.2, 0.25) is 0 Å². The third-order valence-electron chi connectivity index (χ3n) is 11.0. The van der Waals surface area contributed by atoms with Crippen molar-refractivity contribution < 1.29 is 19.1 Å². The summed E-state index contributed by atoms with van der Waals surface area (Å²) in [4.78, 5) is 45.8. The highest BCUT2D eigenvalue weighted by Crippen LogP contribution is 2.50. The molecule has 6 aromatic rings. The van der Waals surface area contributed by atoms with E-state index in [2.05, 4.69) is 34.5 Å². The monoisotopic (exact) mass is 763 g/mol. The van der Waals surface area contributed by atoms with Gasteiger partial charge in [-0.3, -0.25) is 14.9 Å². The standard InChI is InChI=1S/C46H35Cl2N3O4/c47-32-17-15-31(41(48)23-32)27-55-42-18-16-30-13-7-8-14-34(30)37(42)26-40-44(52)49-46(54)51(45(40)53)33-24-38-35(28-9-3-1-4-10-28)19-21-50-22-20-36(39(25-33)43(38)50)29-11-5-2-6-12-29/h1-18,23-26,35-36H,19-22,27H2,(H,49,52,54)/b40-26+/t35-,36-/m1/s1. The van der Waals surface area contributed by atoms with E-state index in [-0.39, 0.29) is 24.0 Å². The molecule has 7 nitrogen and oxygen atoms in total. The van der Waals surface area contributed by atoms with Crippen LogP contribution in [0.4, 0.5) is 16.2 Å². The van der Waals surface area contributed by atoms with Gasteiger partial charge in [0.05, 0.1) is 5.69 Å². The predicted octanol–water partition coefficient (Wildman–Crippen LogP) is 10.3. The summed E-state index contributed by atoms with van der Waals surface area (Å²) < 4.78 is 6.31. The third-order valence-corrected chi connectivity index (χ3v) is 11.6. The average Bonchev–Trinajstić information content (AvgIpc) is 3.20. The van der Waals surface area contributed by atoms with Gasteiger partial charge in [0, 0.05) is 51.8 Å². The van der Waals surface area contributed by atoms with Gasteiger partial charge < -0.3 is 9.64 Å². The second kappa shape index (κ2) is 14.4. The van der Waals surface area contributed by atoms with Gasteiger partial charge in [0.15, 0.2) is 0 Å². The molecule has 0 saturated carbocycles. The smallest absolute Gasteiger partial charge is 0.335 e. The van der Waals surface area contributed by atoms with Crippen LogP contribution in [0.3, 0.4) is 0 Å². The SMILES string of the molecule is O=C1NC(=O)N(c2cc3c4c(c2)[C@@H](c2ccccc2)CCN4CC[C@@H]3c2ccccc2)C(=O)/C1=C/c1c(OCc2ccc(Cl)cc2Cl)ccc2ccccc12. The number of hydrogen-bond donors (Lipinski definition) is 1. The van der Waals surface area contributed by atoms with Crippen LogP contribution >= 0.6 is 23.2 Å². The third kappa shape index (κ3) is 6.43. The molecular formula is C46H35Cl2N3O4. The quantitative estimate of drug-likeness (QED) is 0.129. The number of ether oxygens (including phenoxy) is 1. The molecular weight excluding hydrogens is 729 g/mol. The molecule has 0 spiro atoms. The second-order valence-electron chi connectivity index (χ2n) is 14.1. The minimum Gasteiger partial charge on any atom is -0.488 e. The molecule has 3 aliphatic heterocycles. The van der Waals surface area contributed by atoms with Crippen molar-refractivity contribution in [3.05, 3.63) is 176 Å². The maximum atomic E-state index is 14.7. The lowest BCUT2D eigenvalue weighted by Crippen LogP contribution is -2.54. The number of hydrogen-bond acceptors (Lipinski definition) is 5. The van der Waals surface area contributed by atoms with Crippen LogP contribution in [0.1, 0.15) is 58.1 Å². The first kappa shape index (κ1) is 34.9. The molecule has 272 valence electrons. The van der Waals surface area contributed by atoms with Crippen molar-refractivity contribution >= 4 is 69.3 Å². The number of amides is 4. The molecule has 6 aromatic carbocycles. The fourth-order valence-electron chi connectivity index (χ4n) is 8.35. The molecule has 0 radical (unpaired) electrons. The molecule has 2 atom stereocenters. The van der Waals surface area contributed by atoms with Gasteiger partial charge in [-0.15, -0.1) is 0 Å². The number of imide groups is 2. The van der Waals surface area contributed by atoms with E-state index in [1.165, 1.54) is 22.9 Å². The van der Waals surface area contributed by atoms with Crippen LogP contribution in [-0.4, -0.2) is 30.9 Å². The van der Waals surface area contributed by atoms with Crippen LogP contribution in [0.25, 0.3) is 16.8 Å². The van der Waals surface area contributed by atoms with Crippen LogP contribution < -0.4 is 19.9 Å². The molecule has 1 saturated heterocycles. The summed E-state index contributed by atoms with van der Waals surface area (Å²) in [5.74, 6) is -0.928. The van der Waals surface area contributed by atoms with E-state index >= 15 is 0 Å². The molecule has 9 heteroatoms. The summed E-state index contributed by atoms with van der Waals surface area (Å²) in [5.41, 5.74) is 7.15. The molecule has 4 amide bonds. The lowest BCUT2D eigenvalue weighted by molar-refractivity contribution is -0.122. The summed E-state index contributed by atoms with van der Waals surface area (Å²) >= 11 is 12.6. The van der Waals surface area contributed by atoms with Crippen LogP contribution in [0, 0.1) is 0 Å². The topological polar surface area (TPSA) is 79.0 Å². The normalized spacial score (nSPS) is 18.7. The number of carbonyl (C=O) groups excluding carboxylic acids is 3. The van der Waals surface area contributed by atoms with Crippen LogP contribution in [-0.2, 0) is 16.2 Å². The maximum absolute atomic E-state index is 14.7. The minimum atomic E-state index is -0.790. The van der Waals surface area contributed by atoms with Gasteiger partial charge in [-0.2, -0.15) is 0 Å². The molecule has 9 rings (SSSR count). The molecule has 3 aliphatic rings. The zero-order chi connectivity index (χ0) is 37.6. The number of rotatable bonds is 7. The Morgan fingerprint density at radius 2 is 1.36 bits per heavy atom. The summed E-state index contributed by atoms with van der Waals surface area (Å²) in [6, 6.07) is 40.5. The number of anilines is 2. The molecule has 0 bridgehead atoms. The lowest BCUT2D eigenvalue weighted by atomic mass is 9.76. The average molecular weight is 765 g/mol. The second-order valence-corrected chi connectivity index (χ2v) is 15.0. The molecule has 55 heavy (non-hydrogen) atoms. The Labute approximate surface area is 328 Å². The van der Waals surface area contributed by atoms with Crippen molar-refractivity contribution in [3.8, 4) is 5.75 Å². The number of carbonyl (C=O) groups is 3. The van der Waals surface area contributed by atoms with Gasteiger partial charge in [-0.25, -0.2) is 9.69 Å². The number of fused-ring (bicyclic) bond motifs is 1. The number of urea groups is 1. The van der Waals surface area contributed by atoms with E-state index in [4.69, 9.17) is 27.9 Å². The Kier molecular flexibility index (Phi) is 9.12. The zero-order valence-electron chi connectivity index (χ0n) is 29.7. The molecule has 0 aliphatic carbocycles. The highest BCUT2D eigenvalue weighted by molar-refractivity contribution is 6.39. The Morgan fingerprint density at radius 1 is 0.727 bits per heavy atom. The van der Waals surface area contributed by atoms with Gasteiger partial charge in [0.25, 0.3) is 11.8 Å². The Bertz CT molecular complexity index is 2470. The number of barbiturate groups is 1. The van der Waals surface area contributed by atoms with Gasteiger partial charge in [-0.05, 0) is 82.3 Å². The Hall–Kier alpha value is -5.89. The molecule has 1 N–H and O–H groups in total. The number of benzene rings is 6. The Morgan fingerprint density at radius 3 is 2.02 bits per heavy atom. The van der Waals surface area contributed by atoms with Crippen molar-refractivity contribution in [2.24, 2.45) is 0 Å². The van der Waals surface area contributed by atoms with E-state index in [9.17, 15) is 14.4 Å². The summed E-state index contributed by atoms with van der Waals surface area (Å²) in [7, 11) is 0. The zero-order valence-corrected chi connectivity index (χ0v) is 31.2. The van der Waals surface area contributed by atoms with Crippen molar-refractivity contribution in [3.63, 3.8) is 0 Å². The molecule has 1 fully saturated rings. The fraction of sp³-hybridized carbons (Fsp3) is 0.152. The van der Waals surface area contributed by atoms with E-state index in [1.807, 2.05) is 78.9 Å². The predicted molar refractivity (Wildman–Crippen MR) is 218 cm³/mol. The highest BCUT2D eigenvalue weighted by atomic mass is 35.5. The number of halogens is 2. The Balaban J connectivity index is 1.16.